The second-order valence-corrected chi connectivity index (χ2v) is 5.50. The van der Waals surface area contributed by atoms with Gasteiger partial charge in [-0.1, -0.05) is 24.3 Å². The molecule has 0 fully saturated rings. The predicted octanol–water partition coefficient (Wildman–Crippen LogP) is 2.84. The van der Waals surface area contributed by atoms with Crippen LogP contribution in [0.15, 0.2) is 48.5 Å². The summed E-state index contributed by atoms with van der Waals surface area (Å²) < 4.78 is 15.5. The molecular weight excluding hydrogens is 334 g/mol. The van der Waals surface area contributed by atoms with Crippen LogP contribution in [0.5, 0.6) is 11.5 Å². The van der Waals surface area contributed by atoms with Crippen LogP contribution >= 0.6 is 0 Å². The summed E-state index contributed by atoms with van der Waals surface area (Å²) in [7, 11) is 3.07. The molecule has 0 spiro atoms. The molecule has 0 aromatic heterocycles. The molecule has 26 heavy (non-hydrogen) atoms. The highest BCUT2D eigenvalue weighted by molar-refractivity contribution is 5.95. The number of amides is 1. The number of carbonyl (C=O) groups excluding carboxylic acids is 2. The van der Waals surface area contributed by atoms with Crippen molar-refractivity contribution in [2.75, 3.05) is 32.3 Å². The average Bonchev–Trinajstić information content (AvgIpc) is 2.67. The molecule has 0 atom stereocenters. The third-order valence-electron chi connectivity index (χ3n) is 3.84. The van der Waals surface area contributed by atoms with E-state index in [1.54, 1.807) is 30.2 Å². The Hall–Kier alpha value is -3.02. The Bertz CT molecular complexity index is 745. The number of likely N-dealkylation sites (N-methyl/N-ethyl adjacent to an activating group) is 1. The van der Waals surface area contributed by atoms with Crippen LogP contribution in [0.4, 0.5) is 5.69 Å². The van der Waals surface area contributed by atoms with E-state index in [0.29, 0.717) is 18.0 Å². The van der Waals surface area contributed by atoms with Crippen molar-refractivity contribution in [3.05, 3.63) is 54.1 Å². The molecule has 2 rings (SSSR count). The Kier molecular flexibility index (Phi) is 7.02. The number of nitrogens with zero attached hydrogens (tertiary/aromatic N) is 1. The lowest BCUT2D eigenvalue weighted by Gasteiger charge is -2.20. The van der Waals surface area contributed by atoms with Gasteiger partial charge in [0.15, 0.2) is 18.1 Å². The molecule has 0 aliphatic heterocycles. The maximum Gasteiger partial charge on any atom is 0.310 e. The van der Waals surface area contributed by atoms with Gasteiger partial charge in [0.1, 0.15) is 0 Å². The zero-order valence-electron chi connectivity index (χ0n) is 15.2. The fourth-order valence-corrected chi connectivity index (χ4v) is 2.54. The van der Waals surface area contributed by atoms with E-state index in [0.717, 1.165) is 11.3 Å². The van der Waals surface area contributed by atoms with Crippen molar-refractivity contribution in [1.29, 1.82) is 0 Å². The first kappa shape index (κ1) is 19.3. The lowest BCUT2D eigenvalue weighted by molar-refractivity contribution is -0.147. The molecule has 0 N–H and O–H groups in total. The molecule has 2 aromatic rings. The maximum atomic E-state index is 12.3. The van der Waals surface area contributed by atoms with Gasteiger partial charge in [0, 0.05) is 12.2 Å². The molecule has 138 valence electrons. The van der Waals surface area contributed by atoms with E-state index < -0.39 is 5.97 Å². The van der Waals surface area contributed by atoms with Crippen molar-refractivity contribution in [2.45, 2.75) is 13.3 Å². The highest BCUT2D eigenvalue weighted by atomic mass is 16.5. The van der Waals surface area contributed by atoms with Crippen LogP contribution in [-0.2, 0) is 20.7 Å². The Morgan fingerprint density at radius 2 is 1.65 bits per heavy atom. The number of hydrogen-bond donors (Lipinski definition) is 0. The van der Waals surface area contributed by atoms with Crippen molar-refractivity contribution < 1.29 is 23.8 Å². The monoisotopic (exact) mass is 357 g/mol. The van der Waals surface area contributed by atoms with Crippen LogP contribution in [0.25, 0.3) is 0 Å². The molecule has 0 unspecified atom stereocenters. The van der Waals surface area contributed by atoms with E-state index in [4.69, 9.17) is 14.2 Å². The summed E-state index contributed by atoms with van der Waals surface area (Å²) in [5.41, 5.74) is 1.49. The molecule has 0 heterocycles. The van der Waals surface area contributed by atoms with Crippen LogP contribution in [0.1, 0.15) is 12.5 Å². The van der Waals surface area contributed by atoms with Crippen LogP contribution in [0.3, 0.4) is 0 Å². The van der Waals surface area contributed by atoms with Gasteiger partial charge >= 0.3 is 5.97 Å². The number of anilines is 1. The minimum Gasteiger partial charge on any atom is -0.493 e. The summed E-state index contributed by atoms with van der Waals surface area (Å²) in [5, 5.41) is 0. The quantitative estimate of drug-likeness (QED) is 0.680. The van der Waals surface area contributed by atoms with Crippen molar-refractivity contribution in [1.82, 2.24) is 0 Å². The number of rotatable bonds is 8. The topological polar surface area (TPSA) is 65.1 Å². The predicted molar refractivity (Wildman–Crippen MR) is 98.7 cm³/mol. The van der Waals surface area contributed by atoms with E-state index in [2.05, 4.69) is 0 Å². The normalized spacial score (nSPS) is 10.1. The number of hydrogen-bond acceptors (Lipinski definition) is 5. The first-order chi connectivity index (χ1) is 12.6. The summed E-state index contributed by atoms with van der Waals surface area (Å²) in [6.07, 6.45) is 0.0467. The number of carbonyl (C=O) groups is 2. The fraction of sp³-hybridized carbons (Fsp3) is 0.300. The van der Waals surface area contributed by atoms with Gasteiger partial charge < -0.3 is 19.1 Å². The zero-order valence-corrected chi connectivity index (χ0v) is 15.2. The van der Waals surface area contributed by atoms with E-state index in [-0.39, 0.29) is 18.9 Å². The molecule has 6 heteroatoms. The summed E-state index contributed by atoms with van der Waals surface area (Å²) in [6, 6.07) is 14.5. The molecule has 0 bridgehead atoms. The summed E-state index contributed by atoms with van der Waals surface area (Å²) in [4.78, 5) is 26.0. The molecule has 0 saturated carbocycles. The smallest absolute Gasteiger partial charge is 0.310 e. The van der Waals surface area contributed by atoms with Crippen molar-refractivity contribution in [3.63, 3.8) is 0 Å². The number of methoxy groups -OCH3 is 2. The first-order valence-corrected chi connectivity index (χ1v) is 8.31. The third-order valence-corrected chi connectivity index (χ3v) is 3.84. The Morgan fingerprint density at radius 3 is 2.27 bits per heavy atom. The first-order valence-electron chi connectivity index (χ1n) is 8.31. The molecule has 0 aliphatic rings. The molecule has 2 aromatic carbocycles. The number of ether oxygens (including phenoxy) is 3. The average molecular weight is 357 g/mol. The highest BCUT2D eigenvalue weighted by Crippen LogP contribution is 2.27. The summed E-state index contributed by atoms with van der Waals surface area (Å²) in [6.45, 7) is 2.07. The fourth-order valence-electron chi connectivity index (χ4n) is 2.54. The molecule has 0 aliphatic carbocycles. The highest BCUT2D eigenvalue weighted by Gasteiger charge is 2.16. The third kappa shape index (κ3) is 4.99. The van der Waals surface area contributed by atoms with Crippen LogP contribution in [0.2, 0.25) is 0 Å². The lowest BCUT2D eigenvalue weighted by Crippen LogP contribution is -2.34. The molecular formula is C20H23NO5. The van der Waals surface area contributed by atoms with Crippen LogP contribution in [-0.4, -0.2) is 39.2 Å². The van der Waals surface area contributed by atoms with Gasteiger partial charge in [-0.25, -0.2) is 0 Å². The largest absolute Gasteiger partial charge is 0.493 e. The molecule has 6 nitrogen and oxygen atoms in total. The number of esters is 1. The molecule has 1 amide bonds. The van der Waals surface area contributed by atoms with Crippen molar-refractivity contribution in [2.24, 2.45) is 0 Å². The summed E-state index contributed by atoms with van der Waals surface area (Å²) in [5.74, 6) is 0.380. The van der Waals surface area contributed by atoms with Gasteiger partial charge in [-0.15, -0.1) is 0 Å². The van der Waals surface area contributed by atoms with E-state index in [1.165, 1.54) is 7.11 Å². The number of para-hydroxylation sites is 1. The lowest BCUT2D eigenvalue weighted by atomic mass is 10.1. The van der Waals surface area contributed by atoms with Crippen molar-refractivity contribution >= 4 is 17.6 Å². The van der Waals surface area contributed by atoms with Gasteiger partial charge in [0.2, 0.25) is 0 Å². The maximum absolute atomic E-state index is 12.3. The van der Waals surface area contributed by atoms with Gasteiger partial charge in [0.25, 0.3) is 5.91 Å². The second kappa shape index (κ2) is 9.46. The van der Waals surface area contributed by atoms with Crippen LogP contribution in [0, 0.1) is 0 Å². The Balaban J connectivity index is 1.93. The second-order valence-electron chi connectivity index (χ2n) is 5.50. The minimum atomic E-state index is -0.477. The number of benzene rings is 2. The van der Waals surface area contributed by atoms with Gasteiger partial charge in [-0.3, -0.25) is 9.59 Å². The van der Waals surface area contributed by atoms with Gasteiger partial charge in [0.05, 0.1) is 20.6 Å². The minimum absolute atomic E-state index is 0.0467. The van der Waals surface area contributed by atoms with Crippen LogP contribution < -0.4 is 14.4 Å². The van der Waals surface area contributed by atoms with E-state index in [1.807, 2.05) is 37.3 Å². The molecule has 0 saturated heterocycles. The summed E-state index contributed by atoms with van der Waals surface area (Å²) >= 11 is 0. The Labute approximate surface area is 153 Å². The van der Waals surface area contributed by atoms with Gasteiger partial charge in [-0.2, -0.15) is 0 Å². The SMILES string of the molecule is CCN(C(=O)COC(=O)Cc1ccc(OC)c(OC)c1)c1ccccc1. The van der Waals surface area contributed by atoms with E-state index in [9.17, 15) is 9.59 Å². The standard InChI is InChI=1S/C20H23NO5/c1-4-21(16-8-6-5-7-9-16)19(22)14-26-20(23)13-15-10-11-17(24-2)18(12-15)25-3/h5-12H,4,13-14H2,1-3H3. The zero-order chi connectivity index (χ0) is 18.9. The van der Waals surface area contributed by atoms with E-state index >= 15 is 0 Å². The molecule has 0 radical (unpaired) electrons. The van der Waals surface area contributed by atoms with Gasteiger partial charge in [-0.05, 0) is 36.8 Å². The van der Waals surface area contributed by atoms with Crippen molar-refractivity contribution in [3.8, 4) is 11.5 Å². The Morgan fingerprint density at radius 1 is 0.962 bits per heavy atom.